The third-order valence-corrected chi connectivity index (χ3v) is 2.99. The summed E-state index contributed by atoms with van der Waals surface area (Å²) in [7, 11) is 1.54. The van der Waals surface area contributed by atoms with Crippen LogP contribution < -0.4 is 10.1 Å². The average molecular weight is 296 g/mol. The van der Waals surface area contributed by atoms with Crippen molar-refractivity contribution in [2.24, 2.45) is 0 Å². The van der Waals surface area contributed by atoms with Gasteiger partial charge in [-0.15, -0.1) is 0 Å². The summed E-state index contributed by atoms with van der Waals surface area (Å²) in [4.78, 5) is 15.9. The Bertz CT molecular complexity index is 613. The van der Waals surface area contributed by atoms with Gasteiger partial charge in [0.15, 0.2) is 5.82 Å². The zero-order valence-electron chi connectivity index (χ0n) is 11.1. The lowest BCUT2D eigenvalue weighted by Crippen LogP contribution is -2.25. The zero-order valence-corrected chi connectivity index (χ0v) is 11.9. The Kier molecular flexibility index (Phi) is 4.57. The van der Waals surface area contributed by atoms with Crippen molar-refractivity contribution in [3.05, 3.63) is 40.5 Å². The highest BCUT2D eigenvalue weighted by Crippen LogP contribution is 2.26. The summed E-state index contributed by atoms with van der Waals surface area (Å²) in [6.07, 6.45) is 0.121. The Balaban J connectivity index is 1.98. The lowest BCUT2D eigenvalue weighted by Gasteiger charge is -2.09. The number of aryl methyl sites for hydroxylation is 1. The highest BCUT2D eigenvalue weighted by Gasteiger charge is 2.13. The molecule has 0 aliphatic rings. The molecule has 1 N–H and O–H groups in total. The van der Waals surface area contributed by atoms with Crippen LogP contribution in [-0.2, 0) is 17.8 Å². The molecule has 0 fully saturated rings. The fourth-order valence-electron chi connectivity index (χ4n) is 1.71. The summed E-state index contributed by atoms with van der Waals surface area (Å²) < 4.78 is 10.1. The summed E-state index contributed by atoms with van der Waals surface area (Å²) in [6, 6.07) is 5.24. The van der Waals surface area contributed by atoms with Gasteiger partial charge in [0.2, 0.25) is 11.8 Å². The summed E-state index contributed by atoms with van der Waals surface area (Å²) in [5, 5.41) is 6.83. The number of amides is 1. The molecule has 2 rings (SSSR count). The highest BCUT2D eigenvalue weighted by molar-refractivity contribution is 6.31. The van der Waals surface area contributed by atoms with Gasteiger partial charge in [0, 0.05) is 10.6 Å². The fraction of sp³-hybridized carbons (Fsp3) is 0.308. The quantitative estimate of drug-likeness (QED) is 0.911. The second-order valence-electron chi connectivity index (χ2n) is 4.11. The maximum Gasteiger partial charge on any atom is 0.246 e. The van der Waals surface area contributed by atoms with Crippen LogP contribution in [0.5, 0.6) is 5.75 Å². The largest absolute Gasteiger partial charge is 0.496 e. The van der Waals surface area contributed by atoms with E-state index in [0.29, 0.717) is 28.1 Å². The second kappa shape index (κ2) is 6.38. The van der Waals surface area contributed by atoms with Crippen LogP contribution >= 0.6 is 11.6 Å². The van der Waals surface area contributed by atoms with Crippen molar-refractivity contribution in [2.75, 3.05) is 7.11 Å². The molecule has 0 aliphatic carbocycles. The first-order chi connectivity index (χ1) is 9.60. The monoisotopic (exact) mass is 295 g/mol. The first kappa shape index (κ1) is 14.3. The van der Waals surface area contributed by atoms with Crippen LogP contribution in [0.25, 0.3) is 0 Å². The average Bonchev–Trinajstić information content (AvgIpc) is 2.84. The number of nitrogens with one attached hydrogen (secondary N) is 1. The van der Waals surface area contributed by atoms with Crippen molar-refractivity contribution in [3.8, 4) is 5.75 Å². The molecular formula is C13H14ClN3O3. The maximum absolute atomic E-state index is 11.9. The van der Waals surface area contributed by atoms with Gasteiger partial charge in [-0.1, -0.05) is 22.8 Å². The van der Waals surface area contributed by atoms with Crippen LogP contribution in [0, 0.1) is 6.92 Å². The van der Waals surface area contributed by atoms with Crippen molar-refractivity contribution < 1.29 is 14.1 Å². The van der Waals surface area contributed by atoms with Crippen LogP contribution in [0.4, 0.5) is 0 Å². The van der Waals surface area contributed by atoms with Gasteiger partial charge in [0.25, 0.3) is 0 Å². The van der Waals surface area contributed by atoms with Gasteiger partial charge < -0.3 is 14.6 Å². The van der Waals surface area contributed by atoms with Gasteiger partial charge in [-0.25, -0.2) is 0 Å². The van der Waals surface area contributed by atoms with Crippen molar-refractivity contribution >= 4 is 17.5 Å². The van der Waals surface area contributed by atoms with Crippen molar-refractivity contribution in [3.63, 3.8) is 0 Å². The number of methoxy groups -OCH3 is 1. The lowest BCUT2D eigenvalue weighted by molar-refractivity contribution is -0.120. The molecule has 0 unspecified atom stereocenters. The van der Waals surface area contributed by atoms with E-state index < -0.39 is 0 Å². The first-order valence-electron chi connectivity index (χ1n) is 5.97. The first-order valence-corrected chi connectivity index (χ1v) is 6.35. The third kappa shape index (κ3) is 3.48. The lowest BCUT2D eigenvalue weighted by atomic mass is 10.1. The van der Waals surface area contributed by atoms with E-state index in [4.69, 9.17) is 20.9 Å². The minimum atomic E-state index is -0.202. The molecule has 7 heteroatoms. The summed E-state index contributed by atoms with van der Waals surface area (Å²) in [6.45, 7) is 1.90. The molecule has 1 amide bonds. The van der Waals surface area contributed by atoms with Crippen LogP contribution in [0.2, 0.25) is 5.02 Å². The number of halogens is 1. The molecule has 1 aromatic carbocycles. The van der Waals surface area contributed by atoms with E-state index >= 15 is 0 Å². The molecule has 0 spiro atoms. The van der Waals surface area contributed by atoms with Gasteiger partial charge in [-0.3, -0.25) is 4.79 Å². The van der Waals surface area contributed by atoms with Gasteiger partial charge in [0.05, 0.1) is 20.1 Å². The van der Waals surface area contributed by atoms with E-state index in [9.17, 15) is 4.79 Å². The highest BCUT2D eigenvalue weighted by atomic mass is 35.5. The van der Waals surface area contributed by atoms with E-state index in [0.717, 1.165) is 0 Å². The van der Waals surface area contributed by atoms with Gasteiger partial charge in [-0.05, 0) is 19.1 Å². The zero-order chi connectivity index (χ0) is 14.5. The number of nitrogens with zero attached hydrogens (tertiary/aromatic N) is 2. The molecule has 2 aromatic rings. The SMILES string of the molecule is COc1cccc(Cl)c1CC(=O)NCc1nc(C)no1. The third-order valence-electron chi connectivity index (χ3n) is 2.64. The number of aromatic nitrogens is 2. The number of carbonyl (C=O) groups excluding carboxylic acids is 1. The van der Waals surface area contributed by atoms with E-state index in [2.05, 4.69) is 15.5 Å². The van der Waals surface area contributed by atoms with Crippen molar-refractivity contribution in [1.82, 2.24) is 15.5 Å². The number of hydrogen-bond donors (Lipinski definition) is 1. The Labute approximate surface area is 121 Å². The van der Waals surface area contributed by atoms with Crippen LogP contribution in [0.15, 0.2) is 22.7 Å². The van der Waals surface area contributed by atoms with E-state index in [1.54, 1.807) is 25.1 Å². The van der Waals surface area contributed by atoms with Crippen LogP contribution in [0.1, 0.15) is 17.3 Å². The molecule has 6 nitrogen and oxygen atoms in total. The molecule has 1 heterocycles. The minimum absolute atomic E-state index is 0.121. The topological polar surface area (TPSA) is 77.2 Å². The molecule has 106 valence electrons. The van der Waals surface area contributed by atoms with E-state index in [1.807, 2.05) is 0 Å². The normalized spacial score (nSPS) is 10.3. The molecule has 0 saturated heterocycles. The van der Waals surface area contributed by atoms with Gasteiger partial charge >= 0.3 is 0 Å². The second-order valence-corrected chi connectivity index (χ2v) is 4.52. The predicted octanol–water partition coefficient (Wildman–Crippen LogP) is 1.90. The maximum atomic E-state index is 11.9. The Morgan fingerprint density at radius 3 is 2.95 bits per heavy atom. The molecule has 0 saturated carbocycles. The Hall–Kier alpha value is -2.08. The fourth-order valence-corrected chi connectivity index (χ4v) is 1.94. The molecule has 0 radical (unpaired) electrons. The molecule has 0 aliphatic heterocycles. The Morgan fingerprint density at radius 1 is 1.50 bits per heavy atom. The van der Waals surface area contributed by atoms with Crippen LogP contribution in [-0.4, -0.2) is 23.2 Å². The summed E-state index contributed by atoms with van der Waals surface area (Å²) in [5.41, 5.74) is 0.649. The molecule has 20 heavy (non-hydrogen) atoms. The van der Waals surface area contributed by atoms with E-state index in [-0.39, 0.29) is 18.9 Å². The van der Waals surface area contributed by atoms with Gasteiger partial charge in [0.1, 0.15) is 5.75 Å². The molecular weight excluding hydrogens is 282 g/mol. The molecule has 1 aromatic heterocycles. The predicted molar refractivity (Wildman–Crippen MR) is 72.6 cm³/mol. The Morgan fingerprint density at radius 2 is 2.30 bits per heavy atom. The summed E-state index contributed by atoms with van der Waals surface area (Å²) >= 11 is 6.07. The number of carbonyl (C=O) groups is 1. The number of benzene rings is 1. The molecule has 0 bridgehead atoms. The number of ether oxygens (including phenoxy) is 1. The standard InChI is InChI=1S/C13H14ClN3O3/c1-8-16-13(20-17-8)7-15-12(18)6-9-10(14)4-3-5-11(9)19-2/h3-5H,6-7H2,1-2H3,(H,15,18). The van der Waals surface area contributed by atoms with E-state index in [1.165, 1.54) is 7.11 Å². The van der Waals surface area contributed by atoms with Crippen molar-refractivity contribution in [2.45, 2.75) is 19.9 Å². The summed E-state index contributed by atoms with van der Waals surface area (Å²) in [5.74, 6) is 1.28. The van der Waals surface area contributed by atoms with Gasteiger partial charge in [-0.2, -0.15) is 4.98 Å². The number of rotatable bonds is 5. The van der Waals surface area contributed by atoms with Crippen molar-refractivity contribution in [1.29, 1.82) is 0 Å². The number of hydrogen-bond acceptors (Lipinski definition) is 5. The smallest absolute Gasteiger partial charge is 0.246 e. The van der Waals surface area contributed by atoms with Crippen LogP contribution in [0.3, 0.4) is 0 Å². The molecule has 0 atom stereocenters. The minimum Gasteiger partial charge on any atom is -0.496 e.